The van der Waals surface area contributed by atoms with Crippen molar-refractivity contribution >= 4 is 11.9 Å². The summed E-state index contributed by atoms with van der Waals surface area (Å²) in [5.74, 6) is 1.98. The molecule has 3 N–H and O–H groups in total. The zero-order chi connectivity index (χ0) is 19.6. The molecule has 0 aromatic carbocycles. The highest BCUT2D eigenvalue weighted by molar-refractivity contribution is 5.80. The van der Waals surface area contributed by atoms with Crippen molar-refractivity contribution in [1.82, 2.24) is 15.1 Å². The van der Waals surface area contributed by atoms with Crippen molar-refractivity contribution in [3.63, 3.8) is 0 Å². The van der Waals surface area contributed by atoms with E-state index in [4.69, 9.17) is 19.9 Å². The fraction of sp³-hybridized carbons (Fsp3) is 0.700. The van der Waals surface area contributed by atoms with Crippen LogP contribution in [-0.2, 0) is 16.0 Å². The topological polar surface area (TPSA) is 96.3 Å². The number of nitrogens with two attached hydrogens (primary N) is 1. The molecule has 1 atom stereocenters. The quantitative estimate of drug-likeness (QED) is 0.500. The maximum atomic E-state index is 11.3. The number of amides is 1. The SMILES string of the molecule is NC(=O)CC1CCCN(C(=NCCN2CCOCC2)NCCc2ccco2)C1. The zero-order valence-electron chi connectivity index (χ0n) is 16.6. The summed E-state index contributed by atoms with van der Waals surface area (Å²) in [4.78, 5) is 20.9. The molecule has 3 rings (SSSR count). The number of primary amides is 1. The number of aliphatic imine (C=N–C) groups is 1. The van der Waals surface area contributed by atoms with Crippen molar-refractivity contribution in [2.45, 2.75) is 25.7 Å². The van der Waals surface area contributed by atoms with Gasteiger partial charge in [0, 0.05) is 52.1 Å². The Bertz CT molecular complexity index is 613. The Morgan fingerprint density at radius 3 is 2.93 bits per heavy atom. The van der Waals surface area contributed by atoms with Gasteiger partial charge in [0.15, 0.2) is 5.96 Å². The molecule has 8 heteroatoms. The number of hydrogen-bond acceptors (Lipinski definition) is 5. The first kappa shape index (κ1) is 20.7. The van der Waals surface area contributed by atoms with Crippen LogP contribution < -0.4 is 11.1 Å². The Hall–Kier alpha value is -2.06. The third kappa shape index (κ3) is 6.83. The van der Waals surface area contributed by atoms with E-state index in [9.17, 15) is 4.79 Å². The molecule has 28 heavy (non-hydrogen) atoms. The van der Waals surface area contributed by atoms with Gasteiger partial charge in [-0.1, -0.05) is 0 Å². The van der Waals surface area contributed by atoms with Gasteiger partial charge < -0.3 is 25.1 Å². The summed E-state index contributed by atoms with van der Waals surface area (Å²) < 4.78 is 10.8. The van der Waals surface area contributed by atoms with Crippen molar-refractivity contribution in [3.05, 3.63) is 24.2 Å². The first-order valence-corrected chi connectivity index (χ1v) is 10.3. The zero-order valence-corrected chi connectivity index (χ0v) is 16.6. The number of guanidine groups is 1. The van der Waals surface area contributed by atoms with Gasteiger partial charge in [-0.25, -0.2) is 0 Å². The van der Waals surface area contributed by atoms with Gasteiger partial charge in [0.2, 0.25) is 5.91 Å². The minimum Gasteiger partial charge on any atom is -0.469 e. The third-order valence-electron chi connectivity index (χ3n) is 5.32. The van der Waals surface area contributed by atoms with Gasteiger partial charge in [0.1, 0.15) is 5.76 Å². The molecule has 156 valence electrons. The van der Waals surface area contributed by atoms with E-state index in [0.29, 0.717) is 12.3 Å². The third-order valence-corrected chi connectivity index (χ3v) is 5.32. The summed E-state index contributed by atoms with van der Waals surface area (Å²) in [6.45, 7) is 7.79. The number of nitrogens with zero attached hydrogens (tertiary/aromatic N) is 3. The van der Waals surface area contributed by atoms with Gasteiger partial charge >= 0.3 is 0 Å². The number of likely N-dealkylation sites (tertiary alicyclic amines) is 1. The summed E-state index contributed by atoms with van der Waals surface area (Å²) in [5, 5.41) is 3.50. The molecular formula is C20H33N5O3. The van der Waals surface area contributed by atoms with Gasteiger partial charge in [0.25, 0.3) is 0 Å². The van der Waals surface area contributed by atoms with Crippen LogP contribution in [0.1, 0.15) is 25.0 Å². The number of morpholine rings is 1. The van der Waals surface area contributed by atoms with Crippen LogP contribution in [0, 0.1) is 5.92 Å². The van der Waals surface area contributed by atoms with Gasteiger partial charge in [-0.05, 0) is 30.9 Å². The lowest BCUT2D eigenvalue weighted by atomic mass is 9.95. The van der Waals surface area contributed by atoms with E-state index in [1.54, 1.807) is 6.26 Å². The lowest BCUT2D eigenvalue weighted by Gasteiger charge is -2.35. The second kappa shape index (κ2) is 11.1. The van der Waals surface area contributed by atoms with Crippen LogP contribution in [-0.4, -0.2) is 80.7 Å². The molecule has 3 heterocycles. The number of ether oxygens (including phenoxy) is 1. The first-order chi connectivity index (χ1) is 13.7. The minimum absolute atomic E-state index is 0.219. The Kier molecular flexibility index (Phi) is 8.17. The van der Waals surface area contributed by atoms with Gasteiger partial charge in [-0.2, -0.15) is 0 Å². The van der Waals surface area contributed by atoms with Gasteiger partial charge in [0.05, 0.1) is 26.0 Å². The Morgan fingerprint density at radius 1 is 1.32 bits per heavy atom. The van der Waals surface area contributed by atoms with Crippen molar-refractivity contribution in [3.8, 4) is 0 Å². The number of hydrogen-bond donors (Lipinski definition) is 2. The molecule has 1 amide bonds. The molecule has 1 aromatic rings. The molecule has 0 radical (unpaired) electrons. The minimum atomic E-state index is -0.219. The monoisotopic (exact) mass is 391 g/mol. The van der Waals surface area contributed by atoms with Crippen LogP contribution in [0.3, 0.4) is 0 Å². The molecule has 0 saturated carbocycles. The van der Waals surface area contributed by atoms with Gasteiger partial charge in [-0.3, -0.25) is 14.7 Å². The molecular weight excluding hydrogens is 358 g/mol. The van der Waals surface area contributed by atoms with Gasteiger partial charge in [-0.15, -0.1) is 0 Å². The fourth-order valence-corrected chi connectivity index (χ4v) is 3.85. The van der Waals surface area contributed by atoms with Crippen molar-refractivity contribution < 1.29 is 13.9 Å². The molecule has 1 unspecified atom stereocenters. The Labute approximate surface area is 167 Å². The fourth-order valence-electron chi connectivity index (χ4n) is 3.85. The second-order valence-corrected chi connectivity index (χ2v) is 7.54. The average Bonchev–Trinajstić information content (AvgIpc) is 3.21. The molecule has 8 nitrogen and oxygen atoms in total. The van der Waals surface area contributed by atoms with Crippen molar-refractivity contribution in [1.29, 1.82) is 0 Å². The number of nitrogens with one attached hydrogen (secondary N) is 1. The smallest absolute Gasteiger partial charge is 0.217 e. The summed E-state index contributed by atoms with van der Waals surface area (Å²) >= 11 is 0. The van der Waals surface area contributed by atoms with Crippen LogP contribution in [0.4, 0.5) is 0 Å². The lowest BCUT2D eigenvalue weighted by Crippen LogP contribution is -2.48. The maximum Gasteiger partial charge on any atom is 0.217 e. The van der Waals surface area contributed by atoms with E-state index in [-0.39, 0.29) is 5.91 Å². The molecule has 0 bridgehead atoms. The predicted octanol–water partition coefficient (Wildman–Crippen LogP) is 0.687. The standard InChI is InChI=1S/C20H33N5O3/c21-19(26)15-17-3-1-8-25(16-17)20(22-6-5-18-4-2-12-28-18)23-7-9-24-10-13-27-14-11-24/h2,4,12,17H,1,3,5-11,13-16H2,(H2,21,26)(H,22,23). The first-order valence-electron chi connectivity index (χ1n) is 10.3. The maximum absolute atomic E-state index is 11.3. The summed E-state index contributed by atoms with van der Waals surface area (Å²) in [5.41, 5.74) is 5.41. The lowest BCUT2D eigenvalue weighted by molar-refractivity contribution is -0.119. The summed E-state index contributed by atoms with van der Waals surface area (Å²) in [6, 6.07) is 3.90. The highest BCUT2D eigenvalue weighted by atomic mass is 16.5. The van der Waals surface area contributed by atoms with Crippen LogP contribution in [0.25, 0.3) is 0 Å². The largest absolute Gasteiger partial charge is 0.469 e. The Balaban J connectivity index is 1.55. The van der Waals surface area contributed by atoms with E-state index < -0.39 is 0 Å². The van der Waals surface area contributed by atoms with E-state index in [0.717, 1.165) is 90.0 Å². The number of furan rings is 1. The predicted molar refractivity (Wildman–Crippen MR) is 108 cm³/mol. The van der Waals surface area contributed by atoms with Crippen LogP contribution in [0.2, 0.25) is 0 Å². The molecule has 1 aromatic heterocycles. The van der Waals surface area contributed by atoms with E-state index in [2.05, 4.69) is 15.1 Å². The second-order valence-electron chi connectivity index (χ2n) is 7.54. The molecule has 2 fully saturated rings. The highest BCUT2D eigenvalue weighted by Gasteiger charge is 2.23. The highest BCUT2D eigenvalue weighted by Crippen LogP contribution is 2.19. The molecule has 0 spiro atoms. The number of rotatable bonds is 8. The number of carbonyl (C=O) groups is 1. The number of piperidine rings is 1. The van der Waals surface area contributed by atoms with E-state index in [1.165, 1.54) is 0 Å². The molecule has 2 saturated heterocycles. The summed E-state index contributed by atoms with van der Waals surface area (Å²) in [7, 11) is 0. The molecule has 0 aliphatic carbocycles. The van der Waals surface area contributed by atoms with Crippen LogP contribution in [0.5, 0.6) is 0 Å². The number of carbonyl (C=O) groups excluding carboxylic acids is 1. The van der Waals surface area contributed by atoms with Crippen LogP contribution >= 0.6 is 0 Å². The molecule has 2 aliphatic rings. The molecule has 2 aliphatic heterocycles. The van der Waals surface area contributed by atoms with E-state index >= 15 is 0 Å². The van der Waals surface area contributed by atoms with Crippen molar-refractivity contribution in [2.24, 2.45) is 16.6 Å². The van der Waals surface area contributed by atoms with Crippen LogP contribution in [0.15, 0.2) is 27.8 Å². The Morgan fingerprint density at radius 2 is 2.18 bits per heavy atom. The average molecular weight is 392 g/mol. The normalized spacial score (nSPS) is 21.6. The summed E-state index contributed by atoms with van der Waals surface area (Å²) in [6.07, 6.45) is 5.07. The van der Waals surface area contributed by atoms with E-state index in [1.807, 2.05) is 12.1 Å². The van der Waals surface area contributed by atoms with Crippen molar-refractivity contribution in [2.75, 3.05) is 59.0 Å².